The number of amides is 1. The molecule has 0 fully saturated rings. The molecule has 22 heavy (non-hydrogen) atoms. The van der Waals surface area contributed by atoms with Crippen molar-refractivity contribution in [2.75, 3.05) is 34.0 Å². The third-order valence-corrected chi connectivity index (χ3v) is 2.87. The van der Waals surface area contributed by atoms with Crippen LogP contribution in [0.1, 0.15) is 5.56 Å². The Morgan fingerprint density at radius 1 is 1.23 bits per heavy atom. The van der Waals surface area contributed by atoms with E-state index < -0.39 is 23.7 Å². The highest BCUT2D eigenvalue weighted by atomic mass is 19.1. The van der Waals surface area contributed by atoms with Crippen LogP contribution in [0.3, 0.4) is 0 Å². The molecule has 0 saturated carbocycles. The van der Waals surface area contributed by atoms with Gasteiger partial charge in [0.2, 0.25) is 5.91 Å². The number of halogens is 1. The summed E-state index contributed by atoms with van der Waals surface area (Å²) in [7, 11) is 2.73. The lowest BCUT2D eigenvalue weighted by molar-refractivity contribution is -0.145. The SMILES string of the molecule is COCCOCC(=O)N[C@@H](Cc1ccccc1F)C(=O)OC. The molecule has 1 N–H and O–H groups in total. The van der Waals surface area contributed by atoms with Gasteiger partial charge in [0, 0.05) is 13.5 Å². The van der Waals surface area contributed by atoms with Crippen LogP contribution < -0.4 is 5.32 Å². The van der Waals surface area contributed by atoms with Crippen molar-refractivity contribution < 1.29 is 28.2 Å². The Kier molecular flexibility index (Phi) is 8.09. The smallest absolute Gasteiger partial charge is 0.328 e. The molecule has 0 aliphatic carbocycles. The fourth-order valence-corrected chi connectivity index (χ4v) is 1.76. The van der Waals surface area contributed by atoms with Crippen molar-refractivity contribution >= 4 is 11.9 Å². The van der Waals surface area contributed by atoms with Crippen LogP contribution in [-0.4, -0.2) is 52.0 Å². The van der Waals surface area contributed by atoms with Crippen molar-refractivity contribution in [2.24, 2.45) is 0 Å². The van der Waals surface area contributed by atoms with Gasteiger partial charge in [-0.3, -0.25) is 4.79 Å². The normalized spacial score (nSPS) is 11.8. The highest BCUT2D eigenvalue weighted by Gasteiger charge is 2.23. The number of methoxy groups -OCH3 is 2. The van der Waals surface area contributed by atoms with Crippen LogP contribution in [0.5, 0.6) is 0 Å². The first-order chi connectivity index (χ1) is 10.6. The van der Waals surface area contributed by atoms with Gasteiger partial charge in [-0.25, -0.2) is 9.18 Å². The third kappa shape index (κ3) is 6.19. The Balaban J connectivity index is 2.60. The van der Waals surface area contributed by atoms with Crippen molar-refractivity contribution in [1.29, 1.82) is 0 Å². The van der Waals surface area contributed by atoms with E-state index in [2.05, 4.69) is 10.1 Å². The Labute approximate surface area is 128 Å². The Hall–Kier alpha value is -1.99. The van der Waals surface area contributed by atoms with E-state index in [0.29, 0.717) is 12.2 Å². The van der Waals surface area contributed by atoms with Gasteiger partial charge in [0.05, 0.1) is 20.3 Å². The molecule has 0 unspecified atom stereocenters. The van der Waals surface area contributed by atoms with E-state index in [-0.39, 0.29) is 19.6 Å². The van der Waals surface area contributed by atoms with Gasteiger partial charge in [-0.2, -0.15) is 0 Å². The van der Waals surface area contributed by atoms with E-state index in [9.17, 15) is 14.0 Å². The summed E-state index contributed by atoms with van der Waals surface area (Å²) in [6.07, 6.45) is 0.00313. The molecule has 6 nitrogen and oxygen atoms in total. The van der Waals surface area contributed by atoms with Gasteiger partial charge in [-0.15, -0.1) is 0 Å². The quantitative estimate of drug-likeness (QED) is 0.536. The summed E-state index contributed by atoms with van der Waals surface area (Å²) in [6.45, 7) is 0.414. The maximum atomic E-state index is 13.6. The monoisotopic (exact) mass is 313 g/mol. The fraction of sp³-hybridized carbons (Fsp3) is 0.467. The summed E-state index contributed by atoms with van der Waals surface area (Å²) >= 11 is 0. The average molecular weight is 313 g/mol. The number of hydrogen-bond donors (Lipinski definition) is 1. The maximum absolute atomic E-state index is 13.6. The molecular weight excluding hydrogens is 293 g/mol. The predicted octanol–water partition coefficient (Wildman–Crippen LogP) is 0.689. The molecule has 0 aromatic heterocycles. The summed E-state index contributed by atoms with van der Waals surface area (Å²) in [5, 5.41) is 2.47. The molecule has 0 saturated heterocycles. The molecule has 0 aliphatic rings. The number of nitrogens with one attached hydrogen (secondary N) is 1. The topological polar surface area (TPSA) is 73.9 Å². The van der Waals surface area contributed by atoms with Crippen molar-refractivity contribution in [2.45, 2.75) is 12.5 Å². The molecule has 0 spiro atoms. The molecule has 1 rings (SSSR count). The lowest BCUT2D eigenvalue weighted by atomic mass is 10.1. The number of esters is 1. The number of hydrogen-bond acceptors (Lipinski definition) is 5. The lowest BCUT2D eigenvalue weighted by Gasteiger charge is -2.17. The second-order valence-corrected chi connectivity index (χ2v) is 4.48. The van der Waals surface area contributed by atoms with Crippen LogP contribution in [0.4, 0.5) is 4.39 Å². The maximum Gasteiger partial charge on any atom is 0.328 e. The van der Waals surface area contributed by atoms with Gasteiger partial charge in [-0.05, 0) is 11.6 Å². The Bertz CT molecular complexity index is 495. The van der Waals surface area contributed by atoms with Crippen molar-refractivity contribution in [3.63, 3.8) is 0 Å². The minimum atomic E-state index is -0.972. The molecular formula is C15H20FNO5. The average Bonchev–Trinajstić information content (AvgIpc) is 2.52. The fourth-order valence-electron chi connectivity index (χ4n) is 1.76. The molecule has 1 atom stereocenters. The summed E-state index contributed by atoms with van der Waals surface area (Å²) in [6, 6.07) is 5.07. The molecule has 0 bridgehead atoms. The molecule has 7 heteroatoms. The second-order valence-electron chi connectivity index (χ2n) is 4.48. The standard InChI is InChI=1S/C15H20FNO5/c1-20-7-8-22-10-14(18)17-13(15(19)21-2)9-11-5-3-4-6-12(11)16/h3-6,13H,7-10H2,1-2H3,(H,17,18)/t13-/m0/s1. The van der Waals surface area contributed by atoms with Crippen LogP contribution in [0.2, 0.25) is 0 Å². The van der Waals surface area contributed by atoms with Gasteiger partial charge in [0.15, 0.2) is 0 Å². The minimum Gasteiger partial charge on any atom is -0.467 e. The molecule has 122 valence electrons. The molecule has 0 heterocycles. The number of ether oxygens (including phenoxy) is 3. The zero-order valence-electron chi connectivity index (χ0n) is 12.6. The summed E-state index contributed by atoms with van der Waals surface area (Å²) in [5.41, 5.74) is 0.318. The first kappa shape index (κ1) is 18.1. The Morgan fingerprint density at radius 3 is 2.59 bits per heavy atom. The van der Waals surface area contributed by atoms with Gasteiger partial charge in [0.25, 0.3) is 0 Å². The van der Waals surface area contributed by atoms with E-state index >= 15 is 0 Å². The van der Waals surface area contributed by atoms with E-state index in [1.165, 1.54) is 20.3 Å². The number of benzene rings is 1. The van der Waals surface area contributed by atoms with Crippen LogP contribution >= 0.6 is 0 Å². The van der Waals surface area contributed by atoms with Crippen LogP contribution in [-0.2, 0) is 30.2 Å². The highest BCUT2D eigenvalue weighted by molar-refractivity contribution is 5.85. The van der Waals surface area contributed by atoms with Crippen molar-refractivity contribution in [3.05, 3.63) is 35.6 Å². The number of rotatable bonds is 9. The zero-order chi connectivity index (χ0) is 16.4. The van der Waals surface area contributed by atoms with E-state index in [0.717, 1.165) is 0 Å². The first-order valence-corrected chi connectivity index (χ1v) is 6.75. The molecule has 1 aromatic carbocycles. The van der Waals surface area contributed by atoms with Crippen LogP contribution in [0.15, 0.2) is 24.3 Å². The lowest BCUT2D eigenvalue weighted by Crippen LogP contribution is -2.44. The van der Waals surface area contributed by atoms with Gasteiger partial charge in [0.1, 0.15) is 18.5 Å². The molecule has 1 amide bonds. The summed E-state index contributed by atoms with van der Waals surface area (Å²) < 4.78 is 28.1. The highest BCUT2D eigenvalue weighted by Crippen LogP contribution is 2.10. The number of carbonyl (C=O) groups excluding carboxylic acids is 2. The molecule has 1 aromatic rings. The molecule has 0 aliphatic heterocycles. The number of carbonyl (C=O) groups is 2. The molecule has 0 radical (unpaired) electrons. The Morgan fingerprint density at radius 2 is 1.95 bits per heavy atom. The van der Waals surface area contributed by atoms with Crippen molar-refractivity contribution in [1.82, 2.24) is 5.32 Å². The van der Waals surface area contributed by atoms with E-state index in [4.69, 9.17) is 9.47 Å². The van der Waals surface area contributed by atoms with Gasteiger partial charge >= 0.3 is 5.97 Å². The van der Waals surface area contributed by atoms with Crippen molar-refractivity contribution in [3.8, 4) is 0 Å². The zero-order valence-corrected chi connectivity index (χ0v) is 12.6. The van der Waals surface area contributed by atoms with Crippen LogP contribution in [0, 0.1) is 5.82 Å². The summed E-state index contributed by atoms with van der Waals surface area (Å²) in [4.78, 5) is 23.5. The minimum absolute atomic E-state index is 0.00313. The second kappa shape index (κ2) is 9.86. The van der Waals surface area contributed by atoms with Gasteiger partial charge < -0.3 is 19.5 Å². The largest absolute Gasteiger partial charge is 0.467 e. The predicted molar refractivity (Wildman–Crippen MR) is 76.7 cm³/mol. The third-order valence-electron chi connectivity index (χ3n) is 2.87. The van der Waals surface area contributed by atoms with E-state index in [1.807, 2.05) is 0 Å². The summed E-state index contributed by atoms with van der Waals surface area (Å²) in [5.74, 6) is -1.57. The van der Waals surface area contributed by atoms with E-state index in [1.54, 1.807) is 18.2 Å². The van der Waals surface area contributed by atoms with Gasteiger partial charge in [-0.1, -0.05) is 18.2 Å². The van der Waals surface area contributed by atoms with Crippen LogP contribution in [0.25, 0.3) is 0 Å². The first-order valence-electron chi connectivity index (χ1n) is 6.75.